The molecule has 4 rings (SSSR count). The SMILES string of the molecule is COc1cccc(CNCC[C@@H]2CCC(=O)N2CCc2nc3ccccc3n2C)c1. The van der Waals surface area contributed by atoms with E-state index in [9.17, 15) is 4.79 Å². The van der Waals surface area contributed by atoms with Gasteiger partial charge in [0.05, 0.1) is 18.1 Å². The Hall–Kier alpha value is -2.86. The number of hydrogen-bond acceptors (Lipinski definition) is 4. The Bertz CT molecular complexity index is 1010. The van der Waals surface area contributed by atoms with Gasteiger partial charge in [0, 0.05) is 39.0 Å². The third-order valence-electron chi connectivity index (χ3n) is 6.03. The van der Waals surface area contributed by atoms with Gasteiger partial charge in [-0.05, 0) is 49.2 Å². The lowest BCUT2D eigenvalue weighted by atomic mass is 10.1. The molecule has 30 heavy (non-hydrogen) atoms. The van der Waals surface area contributed by atoms with Gasteiger partial charge in [0.25, 0.3) is 0 Å². The highest BCUT2D eigenvalue weighted by Gasteiger charge is 2.30. The number of para-hydroxylation sites is 2. The number of rotatable bonds is 9. The van der Waals surface area contributed by atoms with Crippen LogP contribution in [-0.4, -0.2) is 46.6 Å². The van der Waals surface area contributed by atoms with E-state index in [4.69, 9.17) is 9.72 Å². The molecule has 1 N–H and O–H groups in total. The minimum absolute atomic E-state index is 0.270. The fourth-order valence-electron chi connectivity index (χ4n) is 4.32. The zero-order valence-corrected chi connectivity index (χ0v) is 17.8. The van der Waals surface area contributed by atoms with Crippen LogP contribution in [0, 0.1) is 0 Å². The van der Waals surface area contributed by atoms with E-state index in [-0.39, 0.29) is 5.91 Å². The topological polar surface area (TPSA) is 59.4 Å². The Kier molecular flexibility index (Phi) is 6.33. The predicted molar refractivity (Wildman–Crippen MR) is 118 cm³/mol. The summed E-state index contributed by atoms with van der Waals surface area (Å²) in [5, 5.41) is 3.51. The van der Waals surface area contributed by atoms with Crippen molar-refractivity contribution >= 4 is 16.9 Å². The van der Waals surface area contributed by atoms with Crippen LogP contribution in [0.3, 0.4) is 0 Å². The fraction of sp³-hybridized carbons (Fsp3) is 0.417. The first-order valence-electron chi connectivity index (χ1n) is 10.7. The van der Waals surface area contributed by atoms with Crippen LogP contribution in [0.4, 0.5) is 0 Å². The molecule has 6 heteroatoms. The maximum absolute atomic E-state index is 12.5. The first-order valence-corrected chi connectivity index (χ1v) is 10.7. The summed E-state index contributed by atoms with van der Waals surface area (Å²) in [6.07, 6.45) is 3.36. The standard InChI is InChI=1S/C24H30N4O2/c1-27-22-9-4-3-8-21(22)26-23(27)13-15-28-19(10-11-24(28)29)12-14-25-17-18-6-5-7-20(16-18)30-2/h3-9,16,19,25H,10-15,17H2,1-2H3/t19-/m0/s1. The van der Waals surface area contributed by atoms with Crippen LogP contribution in [0.15, 0.2) is 48.5 Å². The molecule has 1 aliphatic rings. The molecule has 1 aromatic heterocycles. The third-order valence-corrected chi connectivity index (χ3v) is 6.03. The van der Waals surface area contributed by atoms with Gasteiger partial charge in [-0.25, -0.2) is 4.98 Å². The van der Waals surface area contributed by atoms with Crippen molar-refractivity contribution in [2.24, 2.45) is 7.05 Å². The number of likely N-dealkylation sites (tertiary alicyclic amines) is 1. The van der Waals surface area contributed by atoms with Gasteiger partial charge in [-0.15, -0.1) is 0 Å². The Balaban J connectivity index is 1.29. The van der Waals surface area contributed by atoms with Gasteiger partial charge in [-0.1, -0.05) is 24.3 Å². The minimum Gasteiger partial charge on any atom is -0.497 e. The van der Waals surface area contributed by atoms with E-state index in [2.05, 4.69) is 40.0 Å². The van der Waals surface area contributed by atoms with Crippen molar-refractivity contribution in [3.05, 3.63) is 59.9 Å². The lowest BCUT2D eigenvalue weighted by Gasteiger charge is -2.25. The number of ether oxygens (including phenoxy) is 1. The molecule has 0 spiro atoms. The molecule has 1 aliphatic heterocycles. The van der Waals surface area contributed by atoms with Gasteiger partial charge in [0.2, 0.25) is 5.91 Å². The largest absolute Gasteiger partial charge is 0.497 e. The number of nitrogens with one attached hydrogen (secondary N) is 1. The summed E-state index contributed by atoms with van der Waals surface area (Å²) in [4.78, 5) is 19.3. The lowest BCUT2D eigenvalue weighted by molar-refractivity contribution is -0.129. The molecule has 0 aliphatic carbocycles. The summed E-state index contributed by atoms with van der Waals surface area (Å²) in [6.45, 7) is 2.42. The van der Waals surface area contributed by atoms with E-state index in [0.717, 1.165) is 61.5 Å². The van der Waals surface area contributed by atoms with E-state index >= 15 is 0 Å². The quantitative estimate of drug-likeness (QED) is 0.554. The summed E-state index contributed by atoms with van der Waals surface area (Å²) >= 11 is 0. The van der Waals surface area contributed by atoms with E-state index in [1.807, 2.05) is 30.3 Å². The average molecular weight is 407 g/mol. The summed E-state index contributed by atoms with van der Waals surface area (Å²) in [5.74, 6) is 2.18. The summed E-state index contributed by atoms with van der Waals surface area (Å²) in [6, 6.07) is 16.6. The molecule has 1 fully saturated rings. The van der Waals surface area contributed by atoms with Gasteiger partial charge in [0.15, 0.2) is 0 Å². The second-order valence-corrected chi connectivity index (χ2v) is 7.92. The number of methoxy groups -OCH3 is 1. The van der Waals surface area contributed by atoms with E-state index in [0.29, 0.717) is 12.5 Å². The maximum Gasteiger partial charge on any atom is 0.222 e. The molecule has 2 heterocycles. The maximum atomic E-state index is 12.5. The predicted octanol–water partition coefficient (Wildman–Crippen LogP) is 3.30. The van der Waals surface area contributed by atoms with Gasteiger partial charge >= 0.3 is 0 Å². The van der Waals surface area contributed by atoms with Gasteiger partial charge in [-0.3, -0.25) is 4.79 Å². The zero-order valence-electron chi connectivity index (χ0n) is 17.8. The second kappa shape index (κ2) is 9.30. The van der Waals surface area contributed by atoms with Crippen molar-refractivity contribution in [3.63, 3.8) is 0 Å². The highest BCUT2D eigenvalue weighted by molar-refractivity contribution is 5.79. The van der Waals surface area contributed by atoms with Crippen LogP contribution in [0.1, 0.15) is 30.7 Å². The Morgan fingerprint density at radius 2 is 2.07 bits per heavy atom. The third kappa shape index (κ3) is 4.49. The Morgan fingerprint density at radius 3 is 2.90 bits per heavy atom. The van der Waals surface area contributed by atoms with Crippen LogP contribution in [-0.2, 0) is 24.8 Å². The Labute approximate surface area is 177 Å². The summed E-state index contributed by atoms with van der Waals surface area (Å²) in [5.41, 5.74) is 3.36. The fourth-order valence-corrected chi connectivity index (χ4v) is 4.32. The molecule has 6 nitrogen and oxygen atoms in total. The van der Waals surface area contributed by atoms with Crippen molar-refractivity contribution in [3.8, 4) is 5.75 Å². The highest BCUT2D eigenvalue weighted by atomic mass is 16.5. The zero-order chi connectivity index (χ0) is 20.9. The number of amides is 1. The van der Waals surface area contributed by atoms with Crippen molar-refractivity contribution in [1.29, 1.82) is 0 Å². The summed E-state index contributed by atoms with van der Waals surface area (Å²) in [7, 11) is 3.74. The van der Waals surface area contributed by atoms with Gasteiger partial charge in [-0.2, -0.15) is 0 Å². The lowest BCUT2D eigenvalue weighted by Crippen LogP contribution is -2.36. The Morgan fingerprint density at radius 1 is 1.20 bits per heavy atom. The number of aryl methyl sites for hydroxylation is 1. The van der Waals surface area contributed by atoms with E-state index in [1.54, 1.807) is 7.11 Å². The van der Waals surface area contributed by atoms with E-state index in [1.165, 1.54) is 5.56 Å². The number of imidazole rings is 1. The molecule has 0 radical (unpaired) electrons. The van der Waals surface area contributed by atoms with E-state index < -0.39 is 0 Å². The van der Waals surface area contributed by atoms with Crippen LogP contribution in [0.2, 0.25) is 0 Å². The van der Waals surface area contributed by atoms with Gasteiger partial charge in [0.1, 0.15) is 11.6 Å². The molecule has 1 amide bonds. The number of hydrogen-bond donors (Lipinski definition) is 1. The molecule has 1 saturated heterocycles. The highest BCUT2D eigenvalue weighted by Crippen LogP contribution is 2.22. The smallest absolute Gasteiger partial charge is 0.222 e. The molecule has 1 atom stereocenters. The number of carbonyl (C=O) groups is 1. The monoisotopic (exact) mass is 406 g/mol. The first kappa shape index (κ1) is 20.4. The van der Waals surface area contributed by atoms with Gasteiger partial charge < -0.3 is 19.5 Å². The second-order valence-electron chi connectivity index (χ2n) is 7.92. The average Bonchev–Trinajstić information content (AvgIpc) is 3.29. The molecule has 2 aromatic carbocycles. The van der Waals surface area contributed by atoms with Crippen LogP contribution in [0.25, 0.3) is 11.0 Å². The number of benzene rings is 2. The van der Waals surface area contributed by atoms with Crippen molar-refractivity contribution in [2.75, 3.05) is 20.2 Å². The molecule has 0 unspecified atom stereocenters. The van der Waals surface area contributed by atoms with Crippen LogP contribution >= 0.6 is 0 Å². The molecular formula is C24H30N4O2. The minimum atomic E-state index is 0.270. The number of carbonyl (C=O) groups excluding carboxylic acids is 1. The molecule has 0 bridgehead atoms. The molecular weight excluding hydrogens is 376 g/mol. The molecule has 158 valence electrons. The van der Waals surface area contributed by atoms with Crippen molar-refractivity contribution < 1.29 is 9.53 Å². The normalized spacial score (nSPS) is 16.5. The molecule has 0 saturated carbocycles. The van der Waals surface area contributed by atoms with Crippen LogP contribution in [0.5, 0.6) is 5.75 Å². The van der Waals surface area contributed by atoms with Crippen molar-refractivity contribution in [1.82, 2.24) is 19.8 Å². The van der Waals surface area contributed by atoms with Crippen molar-refractivity contribution in [2.45, 2.75) is 38.3 Å². The number of fused-ring (bicyclic) bond motifs is 1. The number of aromatic nitrogens is 2. The van der Waals surface area contributed by atoms with Crippen LogP contribution < -0.4 is 10.1 Å². The molecule has 3 aromatic rings. The summed E-state index contributed by atoms with van der Waals surface area (Å²) < 4.78 is 7.42. The first-order chi connectivity index (χ1) is 14.7. The number of nitrogens with zero attached hydrogens (tertiary/aromatic N) is 3.